The zero-order valence-corrected chi connectivity index (χ0v) is 14.6. The van der Waals surface area contributed by atoms with E-state index in [0.717, 1.165) is 42.1 Å². The number of nitrogens with zero attached hydrogens (tertiary/aromatic N) is 2. The molecule has 3 amide bonds. The van der Waals surface area contributed by atoms with Crippen molar-refractivity contribution >= 4 is 29.3 Å². The Morgan fingerprint density at radius 1 is 1.04 bits per heavy atom. The van der Waals surface area contributed by atoms with E-state index in [1.54, 1.807) is 6.07 Å². The van der Waals surface area contributed by atoms with Crippen LogP contribution in [0.2, 0.25) is 5.02 Å². The number of piperidine rings is 2. The van der Waals surface area contributed by atoms with Crippen LogP contribution in [0.25, 0.3) is 0 Å². The molecule has 2 fully saturated rings. The van der Waals surface area contributed by atoms with E-state index in [1.807, 2.05) is 6.07 Å². The molecule has 0 radical (unpaired) electrons. The van der Waals surface area contributed by atoms with Crippen LogP contribution >= 0.6 is 11.6 Å². The van der Waals surface area contributed by atoms with E-state index in [0.29, 0.717) is 35.8 Å². The number of imide groups is 1. The Balaban J connectivity index is 1.66. The fourth-order valence-electron chi connectivity index (χ4n) is 3.98. The highest BCUT2D eigenvalue weighted by Crippen LogP contribution is 2.38. The van der Waals surface area contributed by atoms with Crippen molar-refractivity contribution in [1.29, 1.82) is 0 Å². The van der Waals surface area contributed by atoms with Crippen LogP contribution in [0.5, 0.6) is 0 Å². The van der Waals surface area contributed by atoms with E-state index in [-0.39, 0.29) is 24.3 Å². The quantitative estimate of drug-likeness (QED) is 0.820. The number of benzene rings is 1. The summed E-state index contributed by atoms with van der Waals surface area (Å²) >= 11 is 6.64. The summed E-state index contributed by atoms with van der Waals surface area (Å²) in [6, 6.07) is 3.72. The Morgan fingerprint density at radius 2 is 1.72 bits per heavy atom. The summed E-state index contributed by atoms with van der Waals surface area (Å²) in [6.07, 6.45) is 3.15. The zero-order valence-electron chi connectivity index (χ0n) is 13.9. The van der Waals surface area contributed by atoms with Crippen LogP contribution in [0.1, 0.15) is 59.5 Å². The Bertz CT molecular complexity index is 742. The van der Waals surface area contributed by atoms with Crippen LogP contribution in [-0.4, -0.2) is 40.8 Å². The van der Waals surface area contributed by atoms with Gasteiger partial charge in [0, 0.05) is 29.0 Å². The van der Waals surface area contributed by atoms with Gasteiger partial charge in [-0.2, -0.15) is 5.01 Å². The molecule has 4 rings (SSSR count). The average Bonchev–Trinajstić information content (AvgIpc) is 2.94. The summed E-state index contributed by atoms with van der Waals surface area (Å²) in [5, 5.41) is 6.22. The number of hydrogen-bond acceptors (Lipinski definition) is 4. The maximum absolute atomic E-state index is 12.7. The van der Waals surface area contributed by atoms with E-state index in [1.165, 1.54) is 5.01 Å². The first-order valence-electron chi connectivity index (χ1n) is 8.77. The van der Waals surface area contributed by atoms with Gasteiger partial charge in [-0.1, -0.05) is 17.7 Å². The number of fused-ring (bicyclic) bond motifs is 1. The Kier molecular flexibility index (Phi) is 4.25. The molecule has 1 N–H and O–H groups in total. The molecule has 0 saturated carbocycles. The first-order valence-corrected chi connectivity index (χ1v) is 9.15. The lowest BCUT2D eigenvalue weighted by molar-refractivity contribution is -0.163. The second-order valence-corrected chi connectivity index (χ2v) is 7.21. The smallest absolute Gasteiger partial charge is 0.273 e. The van der Waals surface area contributed by atoms with Gasteiger partial charge < -0.3 is 5.32 Å². The molecule has 3 aliphatic rings. The van der Waals surface area contributed by atoms with Crippen molar-refractivity contribution in [3.8, 4) is 0 Å². The van der Waals surface area contributed by atoms with Crippen molar-refractivity contribution in [1.82, 2.24) is 15.3 Å². The van der Waals surface area contributed by atoms with E-state index in [4.69, 9.17) is 11.6 Å². The Morgan fingerprint density at radius 3 is 2.40 bits per heavy atom. The minimum atomic E-state index is -0.322. The van der Waals surface area contributed by atoms with Gasteiger partial charge in [-0.05, 0) is 49.9 Å². The molecule has 0 aliphatic carbocycles. The second-order valence-electron chi connectivity index (χ2n) is 6.83. The predicted octanol–water partition coefficient (Wildman–Crippen LogP) is 2.22. The van der Waals surface area contributed by atoms with Gasteiger partial charge in [-0.25, -0.2) is 5.01 Å². The van der Waals surface area contributed by atoms with Gasteiger partial charge in [-0.3, -0.25) is 14.4 Å². The minimum absolute atomic E-state index is 0.184. The molecule has 6 nitrogen and oxygen atoms in total. The van der Waals surface area contributed by atoms with Crippen LogP contribution in [0.4, 0.5) is 0 Å². The van der Waals surface area contributed by atoms with Gasteiger partial charge in [0.25, 0.3) is 5.91 Å². The van der Waals surface area contributed by atoms with E-state index in [2.05, 4.69) is 5.32 Å². The number of amides is 3. The fourth-order valence-corrected chi connectivity index (χ4v) is 4.35. The van der Waals surface area contributed by atoms with Crippen molar-refractivity contribution < 1.29 is 14.4 Å². The molecular formula is C18H20ClN3O3. The average molecular weight is 362 g/mol. The molecule has 0 bridgehead atoms. The van der Waals surface area contributed by atoms with Crippen molar-refractivity contribution in [2.75, 3.05) is 13.1 Å². The summed E-state index contributed by atoms with van der Waals surface area (Å²) in [4.78, 5) is 37.1. The van der Waals surface area contributed by atoms with Gasteiger partial charge in [0.15, 0.2) is 0 Å². The molecule has 3 aliphatic heterocycles. The maximum Gasteiger partial charge on any atom is 0.273 e. The monoisotopic (exact) mass is 361 g/mol. The largest absolute Gasteiger partial charge is 0.317 e. The van der Waals surface area contributed by atoms with Gasteiger partial charge in [0.1, 0.15) is 0 Å². The highest BCUT2D eigenvalue weighted by Gasteiger charge is 2.40. The Hall–Kier alpha value is -1.92. The number of nitrogens with one attached hydrogen (secondary N) is 1. The molecule has 7 heteroatoms. The third-order valence-electron chi connectivity index (χ3n) is 5.32. The van der Waals surface area contributed by atoms with E-state index >= 15 is 0 Å². The number of carbonyl (C=O) groups excluding carboxylic acids is 3. The molecule has 1 aromatic carbocycles. The van der Waals surface area contributed by atoms with Gasteiger partial charge in [-0.15, -0.1) is 0 Å². The van der Waals surface area contributed by atoms with Gasteiger partial charge in [0.05, 0.1) is 6.54 Å². The third kappa shape index (κ3) is 2.73. The lowest BCUT2D eigenvalue weighted by atomic mass is 9.88. The first-order chi connectivity index (χ1) is 12.1. The fraction of sp³-hybridized carbons (Fsp3) is 0.500. The van der Waals surface area contributed by atoms with E-state index < -0.39 is 0 Å². The van der Waals surface area contributed by atoms with Crippen molar-refractivity contribution in [3.63, 3.8) is 0 Å². The number of rotatable bonds is 2. The number of hydrazine groups is 1. The number of halogens is 1. The van der Waals surface area contributed by atoms with Crippen molar-refractivity contribution in [3.05, 3.63) is 33.8 Å². The summed E-state index contributed by atoms with van der Waals surface area (Å²) in [5.74, 6) is -0.571. The number of hydrogen-bond donors (Lipinski definition) is 1. The molecule has 0 atom stereocenters. The molecule has 2 saturated heterocycles. The lowest BCUT2D eigenvalue weighted by Crippen LogP contribution is -2.52. The minimum Gasteiger partial charge on any atom is -0.317 e. The molecular weight excluding hydrogens is 342 g/mol. The summed E-state index contributed by atoms with van der Waals surface area (Å²) in [7, 11) is 0. The van der Waals surface area contributed by atoms with Crippen LogP contribution in [0, 0.1) is 0 Å². The Labute approximate surface area is 151 Å². The highest BCUT2D eigenvalue weighted by molar-refractivity contribution is 6.33. The van der Waals surface area contributed by atoms with Crippen LogP contribution < -0.4 is 5.32 Å². The van der Waals surface area contributed by atoms with Crippen molar-refractivity contribution in [2.24, 2.45) is 0 Å². The second kappa shape index (κ2) is 6.42. The lowest BCUT2D eigenvalue weighted by Gasteiger charge is -2.32. The molecule has 1 aromatic rings. The summed E-state index contributed by atoms with van der Waals surface area (Å²) < 4.78 is 0. The molecule has 3 heterocycles. The maximum atomic E-state index is 12.7. The standard InChI is InChI=1S/C18H20ClN3O3/c19-17-12(11-6-8-20-9-7-11)4-5-13-14(17)10-21(18(13)25)22-15(23)2-1-3-16(22)24/h4-5,11,20H,1-3,6-10H2. The number of carbonyl (C=O) groups is 3. The highest BCUT2D eigenvalue weighted by atomic mass is 35.5. The van der Waals surface area contributed by atoms with Gasteiger partial charge >= 0.3 is 0 Å². The topological polar surface area (TPSA) is 69.7 Å². The summed E-state index contributed by atoms with van der Waals surface area (Å²) in [5.41, 5.74) is 2.29. The van der Waals surface area contributed by atoms with Crippen molar-refractivity contribution in [2.45, 2.75) is 44.6 Å². The molecule has 0 spiro atoms. The molecule has 0 unspecified atom stereocenters. The van der Waals surface area contributed by atoms with Crippen LogP contribution in [0.15, 0.2) is 12.1 Å². The normalized spacial score (nSPS) is 21.9. The van der Waals surface area contributed by atoms with E-state index in [9.17, 15) is 14.4 Å². The third-order valence-corrected chi connectivity index (χ3v) is 5.77. The van der Waals surface area contributed by atoms with Crippen LogP contribution in [-0.2, 0) is 16.1 Å². The summed E-state index contributed by atoms with van der Waals surface area (Å²) in [6.45, 7) is 2.10. The zero-order chi connectivity index (χ0) is 17.6. The molecule has 0 aromatic heterocycles. The van der Waals surface area contributed by atoms with Crippen LogP contribution in [0.3, 0.4) is 0 Å². The van der Waals surface area contributed by atoms with Gasteiger partial charge in [0.2, 0.25) is 11.8 Å². The molecule has 25 heavy (non-hydrogen) atoms. The predicted molar refractivity (Wildman–Crippen MR) is 91.9 cm³/mol. The SMILES string of the molecule is O=C1c2ccc(C3CCNCC3)c(Cl)c2CN1N1C(=O)CCCC1=O. The molecule has 132 valence electrons. The first kappa shape index (κ1) is 16.5.